The van der Waals surface area contributed by atoms with Gasteiger partial charge in [0.15, 0.2) is 0 Å². The van der Waals surface area contributed by atoms with E-state index in [4.69, 9.17) is 16.3 Å². The van der Waals surface area contributed by atoms with Gasteiger partial charge < -0.3 is 10.1 Å². The Balaban J connectivity index is 2.12. The molecule has 6 heteroatoms. The Bertz CT molecular complexity index is 732. The molecule has 3 nitrogen and oxygen atoms in total. The van der Waals surface area contributed by atoms with Gasteiger partial charge in [0.1, 0.15) is 17.4 Å². The summed E-state index contributed by atoms with van der Waals surface area (Å²) in [6.07, 6.45) is 2.67. The minimum atomic E-state index is -0.846. The van der Waals surface area contributed by atoms with E-state index in [9.17, 15) is 13.6 Å². The zero-order valence-electron chi connectivity index (χ0n) is 11.6. The second kappa shape index (κ2) is 7.04. The molecular formula is C16H12ClF2NO2. The largest absolute Gasteiger partial charge is 0.495 e. The summed E-state index contributed by atoms with van der Waals surface area (Å²) in [4.78, 5) is 11.8. The lowest BCUT2D eigenvalue weighted by Gasteiger charge is -2.05. The third-order valence-corrected chi connectivity index (χ3v) is 3.22. The molecule has 0 aliphatic heterocycles. The fourth-order valence-corrected chi connectivity index (χ4v) is 2.01. The summed E-state index contributed by atoms with van der Waals surface area (Å²) >= 11 is 6.09. The van der Waals surface area contributed by atoms with Crippen LogP contribution in [0.2, 0.25) is 5.02 Å². The number of halogens is 3. The number of methoxy groups -OCH3 is 1. The molecule has 0 fully saturated rings. The summed E-state index contributed by atoms with van der Waals surface area (Å²) in [6.45, 7) is 0. The fourth-order valence-electron chi connectivity index (χ4n) is 1.74. The molecule has 114 valence electrons. The predicted octanol–water partition coefficient (Wildman–Crippen LogP) is 4.28. The SMILES string of the molecule is COc1cccc(/C=C/C(=O)Nc2ccc(F)cc2F)c1Cl. The van der Waals surface area contributed by atoms with Gasteiger partial charge in [0, 0.05) is 12.1 Å². The minimum Gasteiger partial charge on any atom is -0.495 e. The molecule has 0 radical (unpaired) electrons. The van der Waals surface area contributed by atoms with Gasteiger partial charge in [-0.2, -0.15) is 0 Å². The normalized spacial score (nSPS) is 10.7. The molecule has 0 aliphatic carbocycles. The number of carbonyl (C=O) groups is 1. The number of hydrogen-bond acceptors (Lipinski definition) is 2. The highest BCUT2D eigenvalue weighted by Crippen LogP contribution is 2.28. The number of hydrogen-bond donors (Lipinski definition) is 1. The van der Waals surface area contributed by atoms with Crippen molar-refractivity contribution in [1.82, 2.24) is 0 Å². The van der Waals surface area contributed by atoms with Crippen LogP contribution < -0.4 is 10.1 Å². The molecule has 2 rings (SSSR count). The number of anilines is 1. The zero-order chi connectivity index (χ0) is 16.1. The van der Waals surface area contributed by atoms with Crippen LogP contribution in [0.15, 0.2) is 42.5 Å². The van der Waals surface area contributed by atoms with Gasteiger partial charge in [-0.15, -0.1) is 0 Å². The molecule has 0 unspecified atom stereocenters. The Hall–Kier alpha value is -2.40. The van der Waals surface area contributed by atoms with E-state index < -0.39 is 17.5 Å². The first-order valence-corrected chi connectivity index (χ1v) is 6.65. The molecule has 0 saturated heterocycles. The van der Waals surface area contributed by atoms with Crippen LogP contribution in [-0.2, 0) is 4.79 Å². The van der Waals surface area contributed by atoms with Crippen molar-refractivity contribution in [3.8, 4) is 5.75 Å². The smallest absolute Gasteiger partial charge is 0.248 e. The maximum Gasteiger partial charge on any atom is 0.248 e. The van der Waals surface area contributed by atoms with Crippen molar-refractivity contribution in [2.75, 3.05) is 12.4 Å². The molecule has 1 N–H and O–H groups in total. The number of carbonyl (C=O) groups excluding carboxylic acids is 1. The van der Waals surface area contributed by atoms with E-state index in [0.29, 0.717) is 22.4 Å². The van der Waals surface area contributed by atoms with E-state index in [0.717, 1.165) is 12.1 Å². The highest BCUT2D eigenvalue weighted by molar-refractivity contribution is 6.33. The standard InChI is InChI=1S/C16H12ClF2NO2/c1-22-14-4-2-3-10(16(14)17)5-8-15(21)20-13-7-6-11(18)9-12(13)19/h2-9H,1H3,(H,20,21)/b8-5+. The van der Waals surface area contributed by atoms with Crippen LogP contribution in [0.3, 0.4) is 0 Å². The van der Waals surface area contributed by atoms with E-state index >= 15 is 0 Å². The van der Waals surface area contributed by atoms with E-state index in [-0.39, 0.29) is 5.69 Å². The van der Waals surface area contributed by atoms with Crippen molar-refractivity contribution in [1.29, 1.82) is 0 Å². The first kappa shape index (κ1) is 16.0. The van der Waals surface area contributed by atoms with Crippen LogP contribution in [0.4, 0.5) is 14.5 Å². The quantitative estimate of drug-likeness (QED) is 0.853. The summed E-state index contributed by atoms with van der Waals surface area (Å²) < 4.78 is 31.3. The van der Waals surface area contributed by atoms with Gasteiger partial charge in [-0.05, 0) is 29.8 Å². The second-order valence-electron chi connectivity index (χ2n) is 4.31. The van der Waals surface area contributed by atoms with Gasteiger partial charge in [-0.1, -0.05) is 23.7 Å². The summed E-state index contributed by atoms with van der Waals surface area (Å²) in [5.74, 6) is -1.64. The molecule has 0 atom stereocenters. The summed E-state index contributed by atoms with van der Waals surface area (Å²) in [5.41, 5.74) is 0.475. The lowest BCUT2D eigenvalue weighted by Crippen LogP contribution is -2.09. The molecule has 0 saturated carbocycles. The van der Waals surface area contributed by atoms with Gasteiger partial charge in [0.25, 0.3) is 0 Å². The zero-order valence-corrected chi connectivity index (χ0v) is 12.3. The number of rotatable bonds is 4. The van der Waals surface area contributed by atoms with Gasteiger partial charge in [-0.3, -0.25) is 4.79 Å². The van der Waals surface area contributed by atoms with Crippen molar-refractivity contribution < 1.29 is 18.3 Å². The third-order valence-electron chi connectivity index (χ3n) is 2.82. The van der Waals surface area contributed by atoms with Crippen molar-refractivity contribution in [2.45, 2.75) is 0 Å². The van der Waals surface area contributed by atoms with E-state index in [2.05, 4.69) is 5.32 Å². The van der Waals surface area contributed by atoms with Crippen LogP contribution in [0.25, 0.3) is 6.08 Å². The third kappa shape index (κ3) is 3.83. The van der Waals surface area contributed by atoms with Crippen LogP contribution >= 0.6 is 11.6 Å². The monoisotopic (exact) mass is 323 g/mol. The molecule has 2 aromatic carbocycles. The second-order valence-corrected chi connectivity index (χ2v) is 4.69. The topological polar surface area (TPSA) is 38.3 Å². The Morgan fingerprint density at radius 2 is 2.05 bits per heavy atom. The molecular weight excluding hydrogens is 312 g/mol. The fraction of sp³-hybridized carbons (Fsp3) is 0.0625. The Morgan fingerprint density at radius 1 is 1.27 bits per heavy atom. The van der Waals surface area contributed by atoms with Crippen LogP contribution in [0, 0.1) is 11.6 Å². The average Bonchev–Trinajstić information content (AvgIpc) is 2.49. The highest BCUT2D eigenvalue weighted by atomic mass is 35.5. The molecule has 0 heterocycles. The Morgan fingerprint density at radius 3 is 2.73 bits per heavy atom. The first-order chi connectivity index (χ1) is 10.5. The van der Waals surface area contributed by atoms with Crippen molar-refractivity contribution in [2.24, 2.45) is 0 Å². The number of amides is 1. The number of nitrogens with one attached hydrogen (secondary N) is 1. The number of benzene rings is 2. The Kier molecular flexibility index (Phi) is 5.12. The van der Waals surface area contributed by atoms with Crippen LogP contribution in [0.1, 0.15) is 5.56 Å². The lowest BCUT2D eigenvalue weighted by molar-refractivity contribution is -0.111. The Labute approximate surface area is 131 Å². The minimum absolute atomic E-state index is 0.104. The average molecular weight is 324 g/mol. The van der Waals surface area contributed by atoms with Crippen molar-refractivity contribution in [3.63, 3.8) is 0 Å². The molecule has 0 aliphatic rings. The van der Waals surface area contributed by atoms with Gasteiger partial charge in [-0.25, -0.2) is 8.78 Å². The van der Waals surface area contributed by atoms with Crippen LogP contribution in [0.5, 0.6) is 5.75 Å². The molecule has 0 bridgehead atoms. The van der Waals surface area contributed by atoms with E-state index in [1.807, 2.05) is 0 Å². The summed E-state index contributed by atoms with van der Waals surface area (Å²) in [6, 6.07) is 8.01. The lowest BCUT2D eigenvalue weighted by atomic mass is 10.2. The number of ether oxygens (including phenoxy) is 1. The van der Waals surface area contributed by atoms with E-state index in [1.165, 1.54) is 19.3 Å². The molecule has 1 amide bonds. The molecule has 0 aromatic heterocycles. The van der Waals surface area contributed by atoms with Gasteiger partial charge >= 0.3 is 0 Å². The summed E-state index contributed by atoms with van der Waals surface area (Å²) in [7, 11) is 1.48. The maximum atomic E-state index is 13.4. The predicted molar refractivity (Wildman–Crippen MR) is 82.0 cm³/mol. The summed E-state index contributed by atoms with van der Waals surface area (Å²) in [5, 5.41) is 2.68. The van der Waals surface area contributed by atoms with Gasteiger partial charge in [0.2, 0.25) is 5.91 Å². The maximum absolute atomic E-state index is 13.4. The van der Waals surface area contributed by atoms with Crippen molar-refractivity contribution in [3.05, 3.63) is 64.7 Å². The molecule has 2 aromatic rings. The van der Waals surface area contributed by atoms with Gasteiger partial charge in [0.05, 0.1) is 17.8 Å². The van der Waals surface area contributed by atoms with Crippen molar-refractivity contribution >= 4 is 29.3 Å². The molecule has 22 heavy (non-hydrogen) atoms. The molecule has 0 spiro atoms. The first-order valence-electron chi connectivity index (χ1n) is 6.28. The van der Waals surface area contributed by atoms with Crippen LogP contribution in [-0.4, -0.2) is 13.0 Å². The highest BCUT2D eigenvalue weighted by Gasteiger charge is 2.07. The van der Waals surface area contributed by atoms with E-state index in [1.54, 1.807) is 18.2 Å².